The third-order valence-corrected chi connectivity index (χ3v) is 4.12. The molecule has 0 fully saturated rings. The summed E-state index contributed by atoms with van der Waals surface area (Å²) in [5.74, 6) is 0.0466. The van der Waals surface area contributed by atoms with Crippen LogP contribution >= 0.6 is 33.9 Å². The van der Waals surface area contributed by atoms with E-state index in [1.165, 1.54) is 14.9 Å². The van der Waals surface area contributed by atoms with E-state index in [9.17, 15) is 4.79 Å². The fourth-order valence-electron chi connectivity index (χ4n) is 1.60. The maximum atomic E-state index is 11.6. The Kier molecular flexibility index (Phi) is 5.33. The Hall–Kier alpha value is -0.950. The number of hydrogen-bond donors (Lipinski definition) is 1. The predicted octanol–water partition coefficient (Wildman–Crippen LogP) is 4.54. The van der Waals surface area contributed by atoms with Crippen molar-refractivity contribution in [2.24, 2.45) is 0 Å². The summed E-state index contributed by atoms with van der Waals surface area (Å²) in [6.45, 7) is 2.07. The minimum absolute atomic E-state index is 0.0466. The van der Waals surface area contributed by atoms with E-state index in [0.717, 1.165) is 24.1 Å². The van der Waals surface area contributed by atoms with Crippen molar-refractivity contribution in [2.75, 3.05) is 5.32 Å². The Labute approximate surface area is 130 Å². The highest BCUT2D eigenvalue weighted by Gasteiger charge is 2.07. The van der Waals surface area contributed by atoms with Crippen LogP contribution in [0.25, 0.3) is 11.3 Å². The largest absolute Gasteiger partial charge is 0.302 e. The zero-order valence-corrected chi connectivity index (χ0v) is 13.6. The van der Waals surface area contributed by atoms with Crippen LogP contribution in [-0.4, -0.2) is 10.9 Å². The number of halogens is 1. The molecule has 1 N–H and O–H groups in total. The molecule has 1 heterocycles. The minimum atomic E-state index is 0.0466. The first-order valence-corrected chi connectivity index (χ1v) is 8.16. The second-order valence-electron chi connectivity index (χ2n) is 4.20. The smallest absolute Gasteiger partial charge is 0.226 e. The van der Waals surface area contributed by atoms with Gasteiger partial charge in [0.2, 0.25) is 5.91 Å². The number of aromatic nitrogens is 1. The van der Waals surface area contributed by atoms with Crippen molar-refractivity contribution in [2.45, 2.75) is 26.2 Å². The number of nitrogens with zero attached hydrogens (tertiary/aromatic N) is 1. The number of carbonyl (C=O) groups is 1. The Bertz CT molecular complexity index is 551. The van der Waals surface area contributed by atoms with Crippen LogP contribution in [0.5, 0.6) is 0 Å². The van der Waals surface area contributed by atoms with E-state index in [1.54, 1.807) is 0 Å². The lowest BCUT2D eigenvalue weighted by Gasteiger charge is -2.00. The van der Waals surface area contributed by atoms with Crippen molar-refractivity contribution in [3.05, 3.63) is 33.2 Å². The monoisotopic (exact) mass is 386 g/mol. The van der Waals surface area contributed by atoms with Crippen LogP contribution < -0.4 is 5.32 Å². The molecule has 5 heteroatoms. The normalized spacial score (nSPS) is 10.4. The summed E-state index contributed by atoms with van der Waals surface area (Å²) in [5, 5.41) is 5.49. The molecule has 2 rings (SSSR count). The summed E-state index contributed by atoms with van der Waals surface area (Å²) < 4.78 is 1.20. The summed E-state index contributed by atoms with van der Waals surface area (Å²) in [4.78, 5) is 16.1. The summed E-state index contributed by atoms with van der Waals surface area (Å²) in [6.07, 6.45) is 2.51. The number of amides is 1. The maximum Gasteiger partial charge on any atom is 0.226 e. The van der Waals surface area contributed by atoms with E-state index >= 15 is 0 Å². The first-order valence-electron chi connectivity index (χ1n) is 6.20. The second kappa shape index (κ2) is 7.00. The lowest BCUT2D eigenvalue weighted by atomic mass is 10.2. The highest BCUT2D eigenvalue weighted by molar-refractivity contribution is 14.1. The Morgan fingerprint density at radius 2 is 2.11 bits per heavy atom. The second-order valence-corrected chi connectivity index (χ2v) is 6.30. The summed E-state index contributed by atoms with van der Waals surface area (Å²) >= 11 is 3.74. The van der Waals surface area contributed by atoms with Crippen molar-refractivity contribution >= 4 is 45.0 Å². The molecule has 0 atom stereocenters. The molecular formula is C14H15IN2OS. The molecule has 3 nitrogen and oxygen atoms in total. The van der Waals surface area contributed by atoms with E-state index in [4.69, 9.17) is 0 Å². The molecule has 1 aromatic heterocycles. The van der Waals surface area contributed by atoms with Crippen molar-refractivity contribution in [3.63, 3.8) is 0 Å². The average molecular weight is 386 g/mol. The van der Waals surface area contributed by atoms with Gasteiger partial charge in [-0.1, -0.05) is 25.5 Å². The number of carbonyl (C=O) groups excluding carboxylic acids is 1. The number of nitrogens with one attached hydrogen (secondary N) is 1. The van der Waals surface area contributed by atoms with Gasteiger partial charge in [0.05, 0.1) is 5.69 Å². The van der Waals surface area contributed by atoms with Gasteiger partial charge < -0.3 is 5.32 Å². The van der Waals surface area contributed by atoms with Gasteiger partial charge in [0, 0.05) is 20.9 Å². The van der Waals surface area contributed by atoms with Gasteiger partial charge >= 0.3 is 0 Å². The van der Waals surface area contributed by atoms with Crippen LogP contribution in [0, 0.1) is 3.57 Å². The standard InChI is InChI=1S/C14H15IN2OS/c1-2-3-4-13(18)17-14-16-12(9-19-14)10-5-7-11(15)8-6-10/h5-9H,2-4H2,1H3,(H,16,17,18). The Morgan fingerprint density at radius 1 is 1.37 bits per heavy atom. The topological polar surface area (TPSA) is 42.0 Å². The van der Waals surface area contributed by atoms with Crippen molar-refractivity contribution in [1.29, 1.82) is 0 Å². The molecule has 0 radical (unpaired) electrons. The number of anilines is 1. The zero-order chi connectivity index (χ0) is 13.7. The summed E-state index contributed by atoms with van der Waals surface area (Å²) in [7, 11) is 0. The van der Waals surface area contributed by atoms with E-state index in [2.05, 4.69) is 51.9 Å². The first kappa shape index (κ1) is 14.5. The van der Waals surface area contributed by atoms with Gasteiger partial charge in [-0.15, -0.1) is 11.3 Å². The Morgan fingerprint density at radius 3 is 2.79 bits per heavy atom. The van der Waals surface area contributed by atoms with Gasteiger partial charge in [-0.05, 0) is 41.1 Å². The molecule has 19 heavy (non-hydrogen) atoms. The van der Waals surface area contributed by atoms with Crippen LogP contribution in [0.4, 0.5) is 5.13 Å². The molecule has 0 aliphatic heterocycles. The molecule has 0 saturated carbocycles. The lowest BCUT2D eigenvalue weighted by Crippen LogP contribution is -2.10. The number of rotatable bonds is 5. The third kappa shape index (κ3) is 4.28. The number of hydrogen-bond acceptors (Lipinski definition) is 3. The molecule has 2 aromatic rings. The van der Waals surface area contributed by atoms with Crippen LogP contribution in [0.3, 0.4) is 0 Å². The lowest BCUT2D eigenvalue weighted by molar-refractivity contribution is -0.116. The van der Waals surface area contributed by atoms with Gasteiger partial charge in [0.25, 0.3) is 0 Å². The molecule has 0 unspecified atom stereocenters. The highest BCUT2D eigenvalue weighted by atomic mass is 127. The van der Waals surface area contributed by atoms with Crippen molar-refractivity contribution < 1.29 is 4.79 Å². The van der Waals surface area contributed by atoms with Crippen LogP contribution in [-0.2, 0) is 4.79 Å². The van der Waals surface area contributed by atoms with Crippen LogP contribution in [0.2, 0.25) is 0 Å². The molecule has 0 aliphatic carbocycles. The molecule has 0 bridgehead atoms. The zero-order valence-electron chi connectivity index (χ0n) is 10.6. The van der Waals surface area contributed by atoms with Crippen molar-refractivity contribution in [1.82, 2.24) is 4.98 Å². The van der Waals surface area contributed by atoms with E-state index < -0.39 is 0 Å². The minimum Gasteiger partial charge on any atom is -0.302 e. The van der Waals surface area contributed by atoms with Gasteiger partial charge in [-0.3, -0.25) is 4.79 Å². The van der Waals surface area contributed by atoms with Gasteiger partial charge in [-0.25, -0.2) is 4.98 Å². The van der Waals surface area contributed by atoms with E-state index in [0.29, 0.717) is 11.6 Å². The molecule has 0 saturated heterocycles. The van der Waals surface area contributed by atoms with Gasteiger partial charge in [-0.2, -0.15) is 0 Å². The summed E-state index contributed by atoms with van der Waals surface area (Å²) in [5.41, 5.74) is 1.98. The molecule has 100 valence electrons. The van der Waals surface area contributed by atoms with Crippen LogP contribution in [0.1, 0.15) is 26.2 Å². The SMILES string of the molecule is CCCCC(=O)Nc1nc(-c2ccc(I)cc2)cs1. The number of unbranched alkanes of at least 4 members (excludes halogenated alkanes) is 1. The van der Waals surface area contributed by atoms with E-state index in [-0.39, 0.29) is 5.91 Å². The quantitative estimate of drug-likeness (QED) is 0.767. The maximum absolute atomic E-state index is 11.6. The molecule has 1 aromatic carbocycles. The molecule has 0 aliphatic rings. The number of thiazole rings is 1. The van der Waals surface area contributed by atoms with Crippen molar-refractivity contribution in [3.8, 4) is 11.3 Å². The molecule has 1 amide bonds. The van der Waals surface area contributed by atoms with Gasteiger partial charge in [0.15, 0.2) is 5.13 Å². The predicted molar refractivity (Wildman–Crippen MR) is 88.4 cm³/mol. The molecule has 0 spiro atoms. The fourth-order valence-corrected chi connectivity index (χ4v) is 2.70. The number of benzene rings is 1. The molecular weight excluding hydrogens is 371 g/mol. The fraction of sp³-hybridized carbons (Fsp3) is 0.286. The van der Waals surface area contributed by atoms with E-state index in [1.807, 2.05) is 17.5 Å². The third-order valence-electron chi connectivity index (χ3n) is 2.65. The highest BCUT2D eigenvalue weighted by Crippen LogP contribution is 2.25. The Balaban J connectivity index is 2.02. The average Bonchev–Trinajstić information content (AvgIpc) is 2.85. The summed E-state index contributed by atoms with van der Waals surface area (Å²) in [6, 6.07) is 8.18. The first-order chi connectivity index (χ1) is 9.19. The van der Waals surface area contributed by atoms with Crippen LogP contribution in [0.15, 0.2) is 29.6 Å². The van der Waals surface area contributed by atoms with Gasteiger partial charge in [0.1, 0.15) is 0 Å².